The number of imide groups is 1. The van der Waals surface area contributed by atoms with E-state index in [1.165, 1.54) is 10.9 Å². The summed E-state index contributed by atoms with van der Waals surface area (Å²) in [6.07, 6.45) is 1.39. The molecule has 11 heteroatoms. The average Bonchev–Trinajstić information content (AvgIpc) is 3.15. The monoisotopic (exact) mass is 443 g/mol. The number of carbonyl (C=O) groups is 2. The molecule has 1 aliphatic heterocycles. The van der Waals surface area contributed by atoms with Crippen molar-refractivity contribution in [2.45, 2.75) is 26.7 Å². The number of nitrogens with two attached hydrogens (primary N) is 1. The van der Waals surface area contributed by atoms with E-state index in [0.29, 0.717) is 27.9 Å². The predicted octanol–water partition coefficient (Wildman–Crippen LogP) is 3.03. The van der Waals surface area contributed by atoms with Crippen molar-refractivity contribution in [1.29, 1.82) is 0 Å². The molecular formula is C20H22N5O5P. The van der Waals surface area contributed by atoms with E-state index in [1.807, 2.05) is 6.07 Å². The summed E-state index contributed by atoms with van der Waals surface area (Å²) in [6.45, 7) is 3.80. The number of amides is 2. The maximum atomic E-state index is 13.1. The molecule has 2 heterocycles. The normalized spacial score (nSPS) is 13.9. The topological polar surface area (TPSA) is 130 Å². The van der Waals surface area contributed by atoms with Gasteiger partial charge >= 0.3 is 7.60 Å². The molecule has 0 spiro atoms. The number of nitrogen functional groups attached to an aromatic ring is 1. The lowest BCUT2D eigenvalue weighted by Gasteiger charge is -2.26. The van der Waals surface area contributed by atoms with Crippen molar-refractivity contribution in [2.75, 3.05) is 18.9 Å². The Morgan fingerprint density at radius 2 is 1.77 bits per heavy atom. The summed E-state index contributed by atoms with van der Waals surface area (Å²) in [7, 11) is -3.37. The Bertz CT molecular complexity index is 1210. The Morgan fingerprint density at radius 3 is 2.48 bits per heavy atom. The fourth-order valence-corrected chi connectivity index (χ4v) is 5.17. The van der Waals surface area contributed by atoms with Gasteiger partial charge in [-0.3, -0.25) is 19.1 Å². The summed E-state index contributed by atoms with van der Waals surface area (Å²) in [4.78, 5) is 27.2. The Kier molecular flexibility index (Phi) is 5.62. The van der Waals surface area contributed by atoms with Crippen molar-refractivity contribution in [3.63, 3.8) is 0 Å². The minimum Gasteiger partial charge on any atom is -0.399 e. The van der Waals surface area contributed by atoms with Gasteiger partial charge in [-0.25, -0.2) is 4.68 Å². The van der Waals surface area contributed by atoms with Crippen molar-refractivity contribution in [2.24, 2.45) is 0 Å². The zero-order chi connectivity index (χ0) is 22.2. The smallest absolute Gasteiger partial charge is 0.351 e. The number of rotatable bonds is 8. The van der Waals surface area contributed by atoms with Gasteiger partial charge in [0.25, 0.3) is 11.8 Å². The molecule has 4 rings (SSSR count). The third-order valence-corrected chi connectivity index (χ3v) is 6.77. The van der Waals surface area contributed by atoms with Gasteiger partial charge in [0.05, 0.1) is 31.5 Å². The van der Waals surface area contributed by atoms with Crippen LogP contribution in [0.4, 0.5) is 5.69 Å². The van der Waals surface area contributed by atoms with Crippen LogP contribution in [0, 0.1) is 0 Å². The van der Waals surface area contributed by atoms with E-state index in [2.05, 4.69) is 10.3 Å². The lowest BCUT2D eigenvalue weighted by atomic mass is 9.93. The first kappa shape index (κ1) is 21.2. The van der Waals surface area contributed by atoms with Crippen molar-refractivity contribution < 1.29 is 23.2 Å². The molecule has 10 nitrogen and oxygen atoms in total. The molecule has 2 N–H and O–H groups in total. The first-order chi connectivity index (χ1) is 14.8. The largest absolute Gasteiger partial charge is 0.399 e. The van der Waals surface area contributed by atoms with E-state index in [-0.39, 0.29) is 26.0 Å². The zero-order valence-corrected chi connectivity index (χ0v) is 18.0. The average molecular weight is 443 g/mol. The Balaban J connectivity index is 1.60. The second kappa shape index (κ2) is 8.22. The highest BCUT2D eigenvalue weighted by Gasteiger charge is 2.34. The second-order valence-corrected chi connectivity index (χ2v) is 9.03. The Morgan fingerprint density at radius 1 is 1.06 bits per heavy atom. The molecule has 0 radical (unpaired) electrons. The fourth-order valence-electron chi connectivity index (χ4n) is 3.66. The number of anilines is 1. The van der Waals surface area contributed by atoms with E-state index in [9.17, 15) is 14.2 Å². The van der Waals surface area contributed by atoms with Gasteiger partial charge in [0.1, 0.15) is 12.0 Å². The predicted molar refractivity (Wildman–Crippen MR) is 113 cm³/mol. The molecule has 3 aromatic rings. The summed E-state index contributed by atoms with van der Waals surface area (Å²) in [5, 5.41) is 9.30. The van der Waals surface area contributed by atoms with Crippen molar-refractivity contribution in [3.05, 3.63) is 53.3 Å². The number of carbonyl (C=O) groups excluding carboxylic acids is 2. The minimum absolute atomic E-state index is 0.0874. The second-order valence-electron chi connectivity index (χ2n) is 7.01. The third-order valence-electron chi connectivity index (χ3n) is 4.83. The lowest BCUT2D eigenvalue weighted by molar-refractivity contribution is 0.0596. The van der Waals surface area contributed by atoms with E-state index in [0.717, 1.165) is 10.3 Å². The number of aromatic nitrogens is 3. The quantitative estimate of drug-likeness (QED) is 0.319. The lowest BCUT2D eigenvalue weighted by Crippen LogP contribution is -2.39. The molecule has 2 amide bonds. The van der Waals surface area contributed by atoms with E-state index < -0.39 is 19.4 Å². The van der Waals surface area contributed by atoms with Crippen LogP contribution in [0.5, 0.6) is 0 Å². The molecule has 31 heavy (non-hydrogen) atoms. The number of hydrogen-bond acceptors (Lipinski definition) is 8. The SMILES string of the molecule is CCOP(=O)(Cn1cc(CN2C(=O)c3cccc4cc(N)cc(c34)C2=O)nn1)OCC. The highest BCUT2D eigenvalue weighted by Crippen LogP contribution is 2.49. The van der Waals surface area contributed by atoms with Crippen LogP contribution in [0.25, 0.3) is 10.8 Å². The Hall–Kier alpha value is -3.07. The summed E-state index contributed by atoms with van der Waals surface area (Å²) in [5.41, 5.74) is 7.55. The number of benzene rings is 2. The van der Waals surface area contributed by atoms with Gasteiger partial charge in [-0.15, -0.1) is 5.10 Å². The van der Waals surface area contributed by atoms with Gasteiger partial charge in [-0.1, -0.05) is 17.3 Å². The standard InChI is InChI=1S/C20H22N5O5P/c1-3-29-31(28,30-4-2)12-24-10-15(22-23-24)11-25-19(26)16-7-5-6-13-8-14(21)9-17(18(13)16)20(25)27/h5-10H,3-4,11-12,21H2,1-2H3. The van der Waals surface area contributed by atoms with Crippen LogP contribution in [0.2, 0.25) is 0 Å². The molecule has 1 aliphatic rings. The molecular weight excluding hydrogens is 421 g/mol. The fraction of sp³-hybridized carbons (Fsp3) is 0.300. The van der Waals surface area contributed by atoms with Gasteiger partial charge in [0.15, 0.2) is 0 Å². The van der Waals surface area contributed by atoms with Crippen LogP contribution in [-0.4, -0.2) is 44.9 Å². The molecule has 0 fully saturated rings. The molecule has 0 unspecified atom stereocenters. The first-order valence-electron chi connectivity index (χ1n) is 9.80. The molecule has 0 aliphatic carbocycles. The van der Waals surface area contributed by atoms with Gasteiger partial charge in [0.2, 0.25) is 0 Å². The molecule has 1 aromatic heterocycles. The maximum absolute atomic E-state index is 13.1. The molecule has 0 atom stereocenters. The van der Waals surface area contributed by atoms with Gasteiger partial charge in [0, 0.05) is 16.6 Å². The number of hydrogen-bond donors (Lipinski definition) is 1. The summed E-state index contributed by atoms with van der Waals surface area (Å²) in [6, 6.07) is 8.56. The van der Waals surface area contributed by atoms with E-state index in [1.54, 1.807) is 38.1 Å². The van der Waals surface area contributed by atoms with Gasteiger partial charge in [-0.2, -0.15) is 0 Å². The van der Waals surface area contributed by atoms with Crippen LogP contribution in [0.1, 0.15) is 40.3 Å². The van der Waals surface area contributed by atoms with Crippen LogP contribution in [0.3, 0.4) is 0 Å². The minimum atomic E-state index is -3.37. The van der Waals surface area contributed by atoms with Crippen molar-refractivity contribution in [1.82, 2.24) is 19.9 Å². The highest BCUT2D eigenvalue weighted by molar-refractivity contribution is 7.52. The molecule has 0 saturated heterocycles. The van der Waals surface area contributed by atoms with E-state index in [4.69, 9.17) is 14.8 Å². The van der Waals surface area contributed by atoms with Gasteiger partial charge < -0.3 is 14.8 Å². The molecule has 162 valence electrons. The van der Waals surface area contributed by atoms with E-state index >= 15 is 0 Å². The number of nitrogens with zero attached hydrogens (tertiary/aromatic N) is 4. The zero-order valence-electron chi connectivity index (χ0n) is 17.1. The highest BCUT2D eigenvalue weighted by atomic mass is 31.2. The van der Waals surface area contributed by atoms with Crippen LogP contribution < -0.4 is 5.73 Å². The molecule has 2 aromatic carbocycles. The Labute approximate surface area is 178 Å². The van der Waals surface area contributed by atoms with Crippen LogP contribution in [-0.2, 0) is 26.4 Å². The summed E-state index contributed by atoms with van der Waals surface area (Å²) in [5.74, 6) is -0.874. The first-order valence-corrected chi connectivity index (χ1v) is 11.5. The van der Waals surface area contributed by atoms with Crippen molar-refractivity contribution >= 4 is 35.9 Å². The summed E-state index contributed by atoms with van der Waals surface area (Å²) < 4.78 is 24.6. The maximum Gasteiger partial charge on any atom is 0.351 e. The van der Waals surface area contributed by atoms with Crippen LogP contribution >= 0.6 is 7.60 Å². The molecule has 0 bridgehead atoms. The van der Waals surface area contributed by atoms with Crippen LogP contribution in [0.15, 0.2) is 36.5 Å². The van der Waals surface area contributed by atoms with Crippen molar-refractivity contribution in [3.8, 4) is 0 Å². The summed E-state index contributed by atoms with van der Waals surface area (Å²) >= 11 is 0. The van der Waals surface area contributed by atoms with Gasteiger partial charge in [-0.05, 0) is 37.4 Å². The molecule has 0 saturated carbocycles. The third kappa shape index (κ3) is 3.97.